The Balaban J connectivity index is 2.82. The summed E-state index contributed by atoms with van der Waals surface area (Å²) in [6, 6.07) is 4.24. The van der Waals surface area contributed by atoms with Crippen LogP contribution in [0.15, 0.2) is 18.2 Å². The molecule has 0 aliphatic rings. The second-order valence-corrected chi connectivity index (χ2v) is 3.93. The van der Waals surface area contributed by atoms with Crippen LogP contribution in [0.25, 0.3) is 0 Å². The molecule has 1 rings (SSSR count). The van der Waals surface area contributed by atoms with Gasteiger partial charge in [0.05, 0.1) is 5.02 Å². The van der Waals surface area contributed by atoms with Crippen molar-refractivity contribution in [1.82, 2.24) is 0 Å². The van der Waals surface area contributed by atoms with E-state index < -0.39 is 5.82 Å². The summed E-state index contributed by atoms with van der Waals surface area (Å²) in [7, 11) is 0. The quantitative estimate of drug-likeness (QED) is 0.732. The Hall–Kier alpha value is -0.280. The molecule has 1 unspecified atom stereocenters. The van der Waals surface area contributed by atoms with Crippen molar-refractivity contribution in [2.24, 2.45) is 0 Å². The third-order valence-electron chi connectivity index (χ3n) is 1.19. The van der Waals surface area contributed by atoms with E-state index in [0.29, 0.717) is 5.75 Å². The molecule has 0 aliphatic carbocycles. The van der Waals surface area contributed by atoms with Crippen LogP contribution in [0, 0.1) is 5.82 Å². The van der Waals surface area contributed by atoms with Crippen molar-refractivity contribution in [3.63, 3.8) is 0 Å². The Labute approximate surface area is 83.6 Å². The summed E-state index contributed by atoms with van der Waals surface area (Å²) in [5.74, 6) is 0.108. The highest BCUT2D eigenvalue weighted by Gasteiger charge is 2.03. The molecule has 1 nitrogen and oxygen atoms in total. The zero-order chi connectivity index (χ0) is 9.14. The standard InChI is InChI=1S/C8H7BrClFO/c1-5(9)12-6-2-3-8(11)7(10)4-6/h2-5H,1H3. The molecular weight excluding hydrogens is 246 g/mol. The van der Waals surface area contributed by atoms with Crippen LogP contribution in [0.5, 0.6) is 5.75 Å². The molecule has 66 valence electrons. The van der Waals surface area contributed by atoms with Crippen molar-refractivity contribution in [3.05, 3.63) is 29.0 Å². The minimum absolute atomic E-state index is 0.0700. The zero-order valence-corrected chi connectivity index (χ0v) is 8.69. The molecule has 0 spiro atoms. The van der Waals surface area contributed by atoms with E-state index in [9.17, 15) is 4.39 Å². The average molecular weight is 253 g/mol. The smallest absolute Gasteiger partial charge is 0.150 e. The molecule has 0 N–H and O–H groups in total. The van der Waals surface area contributed by atoms with Gasteiger partial charge in [0, 0.05) is 6.07 Å². The Morgan fingerprint density at radius 2 is 2.25 bits per heavy atom. The van der Waals surface area contributed by atoms with Gasteiger partial charge in [-0.25, -0.2) is 4.39 Å². The van der Waals surface area contributed by atoms with Crippen molar-refractivity contribution in [2.75, 3.05) is 0 Å². The van der Waals surface area contributed by atoms with Gasteiger partial charge in [0.25, 0.3) is 0 Å². The molecule has 0 amide bonds. The highest BCUT2D eigenvalue weighted by atomic mass is 79.9. The summed E-state index contributed by atoms with van der Waals surface area (Å²) < 4.78 is 17.9. The monoisotopic (exact) mass is 252 g/mol. The lowest BCUT2D eigenvalue weighted by molar-refractivity contribution is 0.313. The first-order valence-corrected chi connectivity index (χ1v) is 4.65. The van der Waals surface area contributed by atoms with E-state index in [1.165, 1.54) is 18.2 Å². The maximum absolute atomic E-state index is 12.6. The zero-order valence-electron chi connectivity index (χ0n) is 6.35. The van der Waals surface area contributed by atoms with Crippen molar-refractivity contribution < 1.29 is 9.13 Å². The Morgan fingerprint density at radius 1 is 1.58 bits per heavy atom. The Morgan fingerprint density at radius 3 is 2.75 bits per heavy atom. The highest BCUT2D eigenvalue weighted by molar-refractivity contribution is 9.09. The van der Waals surface area contributed by atoms with Gasteiger partial charge in [0.2, 0.25) is 0 Å². The van der Waals surface area contributed by atoms with E-state index in [4.69, 9.17) is 16.3 Å². The van der Waals surface area contributed by atoms with Crippen molar-refractivity contribution >= 4 is 27.5 Å². The first-order chi connectivity index (χ1) is 5.59. The lowest BCUT2D eigenvalue weighted by Gasteiger charge is -2.07. The topological polar surface area (TPSA) is 9.23 Å². The van der Waals surface area contributed by atoms with Crippen LogP contribution < -0.4 is 4.74 Å². The second kappa shape index (κ2) is 4.10. The largest absolute Gasteiger partial charge is 0.480 e. The fraction of sp³-hybridized carbons (Fsp3) is 0.250. The minimum atomic E-state index is -0.439. The fourth-order valence-electron chi connectivity index (χ4n) is 0.738. The lowest BCUT2D eigenvalue weighted by Crippen LogP contribution is -2.01. The summed E-state index contributed by atoms with van der Waals surface area (Å²) in [5, 5.41) is -0.0420. The molecule has 0 heterocycles. The molecule has 4 heteroatoms. The van der Waals surface area contributed by atoms with Crippen LogP contribution in [0.1, 0.15) is 6.92 Å². The molecule has 1 aromatic carbocycles. The Bertz CT molecular complexity index is 278. The molecule has 0 saturated carbocycles. The van der Waals surface area contributed by atoms with Gasteiger partial charge >= 0.3 is 0 Å². The number of alkyl halides is 1. The van der Waals surface area contributed by atoms with Crippen LogP contribution in [-0.4, -0.2) is 5.01 Å². The van der Waals surface area contributed by atoms with Crippen molar-refractivity contribution in [3.8, 4) is 5.75 Å². The van der Waals surface area contributed by atoms with E-state index in [0.717, 1.165) is 0 Å². The molecule has 0 aromatic heterocycles. The van der Waals surface area contributed by atoms with E-state index in [-0.39, 0.29) is 10.0 Å². The van der Waals surface area contributed by atoms with Gasteiger partial charge in [-0.15, -0.1) is 0 Å². The second-order valence-electron chi connectivity index (χ2n) is 2.24. The highest BCUT2D eigenvalue weighted by Crippen LogP contribution is 2.22. The van der Waals surface area contributed by atoms with Crippen LogP contribution in [0.2, 0.25) is 5.02 Å². The molecule has 1 atom stereocenters. The van der Waals surface area contributed by atoms with Crippen molar-refractivity contribution in [1.29, 1.82) is 0 Å². The van der Waals surface area contributed by atoms with E-state index in [1.807, 2.05) is 6.92 Å². The van der Waals surface area contributed by atoms with Gasteiger partial charge in [-0.05, 0) is 35.0 Å². The molecule has 0 fully saturated rings. The average Bonchev–Trinajstić information content (AvgIpc) is 1.96. The number of rotatable bonds is 2. The first kappa shape index (κ1) is 9.81. The van der Waals surface area contributed by atoms with Gasteiger partial charge in [0.15, 0.2) is 5.01 Å². The van der Waals surface area contributed by atoms with Gasteiger partial charge in [-0.1, -0.05) is 11.6 Å². The normalized spacial score (nSPS) is 12.7. The summed E-state index contributed by atoms with van der Waals surface area (Å²) >= 11 is 8.72. The summed E-state index contributed by atoms with van der Waals surface area (Å²) in [6.45, 7) is 1.82. The maximum atomic E-state index is 12.6. The molecule has 0 bridgehead atoms. The summed E-state index contributed by atoms with van der Waals surface area (Å²) in [5.41, 5.74) is 0. The Kier molecular flexibility index (Phi) is 3.35. The minimum Gasteiger partial charge on any atom is -0.480 e. The number of hydrogen-bond acceptors (Lipinski definition) is 1. The predicted octanol–water partition coefficient (Wildman–Crippen LogP) is 3.60. The van der Waals surface area contributed by atoms with Crippen LogP contribution in [0.4, 0.5) is 4.39 Å². The molecule has 0 radical (unpaired) electrons. The summed E-state index contributed by atoms with van der Waals surface area (Å²) in [6.07, 6.45) is 0. The number of halogens is 3. The lowest BCUT2D eigenvalue weighted by atomic mass is 10.3. The van der Waals surface area contributed by atoms with E-state index >= 15 is 0 Å². The van der Waals surface area contributed by atoms with Gasteiger partial charge in [0.1, 0.15) is 11.6 Å². The van der Waals surface area contributed by atoms with Crippen LogP contribution >= 0.6 is 27.5 Å². The molecule has 12 heavy (non-hydrogen) atoms. The van der Waals surface area contributed by atoms with E-state index in [2.05, 4.69) is 15.9 Å². The predicted molar refractivity (Wildman–Crippen MR) is 50.4 cm³/mol. The SMILES string of the molecule is CC(Br)Oc1ccc(F)c(Cl)c1. The van der Waals surface area contributed by atoms with Crippen LogP contribution in [0.3, 0.4) is 0 Å². The maximum Gasteiger partial charge on any atom is 0.150 e. The first-order valence-electron chi connectivity index (χ1n) is 3.35. The van der Waals surface area contributed by atoms with Gasteiger partial charge in [-0.3, -0.25) is 0 Å². The van der Waals surface area contributed by atoms with E-state index in [1.54, 1.807) is 0 Å². The van der Waals surface area contributed by atoms with Crippen molar-refractivity contribution in [2.45, 2.75) is 11.9 Å². The molecular formula is C8H7BrClFO. The molecule has 0 aliphatic heterocycles. The van der Waals surface area contributed by atoms with Gasteiger partial charge < -0.3 is 4.74 Å². The third-order valence-corrected chi connectivity index (χ3v) is 1.67. The van der Waals surface area contributed by atoms with Crippen LogP contribution in [-0.2, 0) is 0 Å². The molecule has 0 saturated heterocycles. The number of benzene rings is 1. The number of ether oxygens (including phenoxy) is 1. The number of hydrogen-bond donors (Lipinski definition) is 0. The van der Waals surface area contributed by atoms with Gasteiger partial charge in [-0.2, -0.15) is 0 Å². The fourth-order valence-corrected chi connectivity index (χ4v) is 1.12. The molecule has 1 aromatic rings. The summed E-state index contributed by atoms with van der Waals surface area (Å²) in [4.78, 5) is 0. The third kappa shape index (κ3) is 2.64.